The van der Waals surface area contributed by atoms with Crippen LogP contribution in [-0.2, 0) is 11.3 Å². The molecule has 1 unspecified atom stereocenters. The van der Waals surface area contributed by atoms with Crippen LogP contribution in [-0.4, -0.2) is 11.5 Å². The van der Waals surface area contributed by atoms with Crippen LogP contribution in [0.1, 0.15) is 17.2 Å². The van der Waals surface area contributed by atoms with Gasteiger partial charge in [-0.15, -0.1) is 0 Å². The molecule has 0 aliphatic rings. The van der Waals surface area contributed by atoms with Gasteiger partial charge in [-0.3, -0.25) is 0 Å². The van der Waals surface area contributed by atoms with E-state index in [1.807, 2.05) is 48.5 Å². The molecule has 0 spiro atoms. The molecule has 2 nitrogen and oxygen atoms in total. The van der Waals surface area contributed by atoms with Crippen LogP contribution in [0.5, 0.6) is 5.75 Å². The third-order valence-corrected chi connectivity index (χ3v) is 4.19. The van der Waals surface area contributed by atoms with E-state index >= 15 is 0 Å². The van der Waals surface area contributed by atoms with Crippen molar-refractivity contribution in [1.29, 1.82) is 0 Å². The second-order valence-corrected chi connectivity index (χ2v) is 5.61. The van der Waals surface area contributed by atoms with Gasteiger partial charge < -0.3 is 9.47 Å². The SMILES string of the molecule is COc1ccc(C(CI)OCc2ccccc2Cl)cc1. The molecule has 2 aromatic carbocycles. The predicted octanol–water partition coefficient (Wildman–Crippen LogP) is 5.04. The maximum atomic E-state index is 6.14. The molecule has 0 bridgehead atoms. The Hall–Kier alpha value is -0.780. The van der Waals surface area contributed by atoms with Crippen molar-refractivity contribution >= 4 is 34.2 Å². The van der Waals surface area contributed by atoms with Crippen molar-refractivity contribution in [2.45, 2.75) is 12.7 Å². The van der Waals surface area contributed by atoms with Crippen molar-refractivity contribution in [2.75, 3.05) is 11.5 Å². The highest BCUT2D eigenvalue weighted by molar-refractivity contribution is 14.1. The smallest absolute Gasteiger partial charge is 0.118 e. The summed E-state index contributed by atoms with van der Waals surface area (Å²) in [5.41, 5.74) is 2.16. The Kier molecular flexibility index (Phi) is 6.13. The van der Waals surface area contributed by atoms with Gasteiger partial charge in [0.25, 0.3) is 0 Å². The molecule has 0 saturated carbocycles. The summed E-state index contributed by atoms with van der Waals surface area (Å²) in [7, 11) is 1.67. The minimum Gasteiger partial charge on any atom is -0.497 e. The highest BCUT2D eigenvalue weighted by atomic mass is 127. The number of halogens is 2. The molecule has 0 aromatic heterocycles. The Morgan fingerprint density at radius 3 is 2.40 bits per heavy atom. The molecule has 1 atom stereocenters. The number of rotatable bonds is 6. The molecule has 4 heteroatoms. The van der Waals surface area contributed by atoms with Crippen LogP contribution >= 0.6 is 34.2 Å². The van der Waals surface area contributed by atoms with E-state index in [0.29, 0.717) is 6.61 Å². The van der Waals surface area contributed by atoms with Crippen LogP contribution in [0.2, 0.25) is 5.02 Å². The Labute approximate surface area is 138 Å². The van der Waals surface area contributed by atoms with E-state index in [1.165, 1.54) is 0 Å². The molecule has 0 aliphatic heterocycles. The van der Waals surface area contributed by atoms with E-state index in [0.717, 1.165) is 26.3 Å². The maximum Gasteiger partial charge on any atom is 0.118 e. The summed E-state index contributed by atoms with van der Waals surface area (Å²) >= 11 is 8.47. The van der Waals surface area contributed by atoms with Gasteiger partial charge in [0.2, 0.25) is 0 Å². The fourth-order valence-electron chi connectivity index (χ4n) is 1.85. The van der Waals surface area contributed by atoms with Crippen LogP contribution in [0.4, 0.5) is 0 Å². The average Bonchev–Trinajstić information content (AvgIpc) is 2.50. The van der Waals surface area contributed by atoms with Crippen LogP contribution in [0.25, 0.3) is 0 Å². The van der Waals surface area contributed by atoms with Crippen molar-refractivity contribution in [2.24, 2.45) is 0 Å². The lowest BCUT2D eigenvalue weighted by molar-refractivity contribution is 0.0577. The summed E-state index contributed by atoms with van der Waals surface area (Å²) in [5.74, 6) is 0.854. The van der Waals surface area contributed by atoms with Gasteiger partial charge in [0.05, 0.1) is 19.8 Å². The molecule has 0 aliphatic carbocycles. The Balaban J connectivity index is 2.03. The quantitative estimate of drug-likeness (QED) is 0.498. The summed E-state index contributed by atoms with van der Waals surface area (Å²) < 4.78 is 12.0. The van der Waals surface area contributed by atoms with Crippen LogP contribution in [0, 0.1) is 0 Å². The fraction of sp³-hybridized carbons (Fsp3) is 0.250. The van der Waals surface area contributed by atoms with Crippen LogP contribution in [0.15, 0.2) is 48.5 Å². The van der Waals surface area contributed by atoms with Gasteiger partial charge in [-0.05, 0) is 29.3 Å². The molecule has 2 aromatic rings. The maximum absolute atomic E-state index is 6.14. The zero-order valence-corrected chi connectivity index (χ0v) is 14.1. The monoisotopic (exact) mass is 402 g/mol. The van der Waals surface area contributed by atoms with Crippen molar-refractivity contribution in [3.63, 3.8) is 0 Å². The first-order valence-corrected chi connectivity index (χ1v) is 8.20. The first-order chi connectivity index (χ1) is 9.74. The molecule has 0 N–H and O–H groups in total. The first-order valence-electron chi connectivity index (χ1n) is 6.29. The molecule has 20 heavy (non-hydrogen) atoms. The third-order valence-electron chi connectivity index (χ3n) is 3.03. The van der Waals surface area contributed by atoms with Crippen LogP contribution < -0.4 is 4.74 Å². The molecular weight excluding hydrogens is 387 g/mol. The normalized spacial score (nSPS) is 12.2. The van der Waals surface area contributed by atoms with Gasteiger partial charge in [0, 0.05) is 9.45 Å². The lowest BCUT2D eigenvalue weighted by Crippen LogP contribution is -2.06. The molecule has 0 amide bonds. The Morgan fingerprint density at radius 1 is 1.10 bits per heavy atom. The summed E-state index contributed by atoms with van der Waals surface area (Å²) in [6, 6.07) is 15.7. The molecule has 106 valence electrons. The lowest BCUT2D eigenvalue weighted by Gasteiger charge is -2.17. The predicted molar refractivity (Wildman–Crippen MR) is 90.9 cm³/mol. The standard InChI is InChI=1S/C16H16ClIO2/c1-19-14-8-6-12(7-9-14)16(10-18)20-11-13-4-2-3-5-15(13)17/h2-9,16H,10-11H2,1H3. The van der Waals surface area contributed by atoms with E-state index in [1.54, 1.807) is 7.11 Å². The van der Waals surface area contributed by atoms with Gasteiger partial charge >= 0.3 is 0 Å². The topological polar surface area (TPSA) is 18.5 Å². The van der Waals surface area contributed by atoms with Crippen molar-refractivity contribution in [3.05, 3.63) is 64.7 Å². The van der Waals surface area contributed by atoms with Crippen LogP contribution in [0.3, 0.4) is 0 Å². The number of hydrogen-bond acceptors (Lipinski definition) is 2. The van der Waals surface area contributed by atoms with E-state index < -0.39 is 0 Å². The molecular formula is C16H16ClIO2. The summed E-state index contributed by atoms with van der Waals surface area (Å²) in [5, 5.41) is 0.745. The first kappa shape index (κ1) is 15.6. The third kappa shape index (κ3) is 4.11. The fourth-order valence-corrected chi connectivity index (χ4v) is 2.81. The number of benzene rings is 2. The van der Waals surface area contributed by atoms with E-state index in [-0.39, 0.29) is 6.10 Å². The largest absolute Gasteiger partial charge is 0.497 e. The summed E-state index contributed by atoms with van der Waals surface area (Å²) in [6.45, 7) is 0.513. The molecule has 0 radical (unpaired) electrons. The zero-order valence-electron chi connectivity index (χ0n) is 11.2. The van der Waals surface area contributed by atoms with E-state index in [4.69, 9.17) is 21.1 Å². The Bertz CT molecular complexity index is 542. The highest BCUT2D eigenvalue weighted by Crippen LogP contribution is 2.25. The molecule has 0 heterocycles. The Morgan fingerprint density at radius 2 is 1.80 bits per heavy atom. The van der Waals surface area contributed by atoms with Gasteiger partial charge in [-0.2, -0.15) is 0 Å². The van der Waals surface area contributed by atoms with Crippen molar-refractivity contribution in [1.82, 2.24) is 0 Å². The molecule has 2 rings (SSSR count). The van der Waals surface area contributed by atoms with E-state index in [9.17, 15) is 0 Å². The lowest BCUT2D eigenvalue weighted by atomic mass is 10.1. The highest BCUT2D eigenvalue weighted by Gasteiger charge is 2.11. The number of methoxy groups -OCH3 is 1. The number of ether oxygens (including phenoxy) is 2. The summed E-state index contributed by atoms with van der Waals surface area (Å²) in [4.78, 5) is 0. The zero-order chi connectivity index (χ0) is 14.4. The average molecular weight is 403 g/mol. The number of hydrogen-bond donors (Lipinski definition) is 0. The van der Waals surface area contributed by atoms with Gasteiger partial charge in [-0.1, -0.05) is 64.5 Å². The molecule has 0 saturated heterocycles. The second kappa shape index (κ2) is 7.86. The number of alkyl halides is 1. The van der Waals surface area contributed by atoms with Gasteiger partial charge in [-0.25, -0.2) is 0 Å². The molecule has 0 fully saturated rings. The van der Waals surface area contributed by atoms with Crippen molar-refractivity contribution < 1.29 is 9.47 Å². The van der Waals surface area contributed by atoms with Gasteiger partial charge in [0.15, 0.2) is 0 Å². The van der Waals surface area contributed by atoms with Crippen molar-refractivity contribution in [3.8, 4) is 5.75 Å². The minimum atomic E-state index is 0.0535. The van der Waals surface area contributed by atoms with Gasteiger partial charge in [0.1, 0.15) is 5.75 Å². The summed E-state index contributed by atoms with van der Waals surface area (Å²) in [6.07, 6.45) is 0.0535. The minimum absolute atomic E-state index is 0.0535. The van der Waals surface area contributed by atoms with E-state index in [2.05, 4.69) is 22.6 Å². The second-order valence-electron chi connectivity index (χ2n) is 4.32.